The summed E-state index contributed by atoms with van der Waals surface area (Å²) < 4.78 is 29.2. The summed E-state index contributed by atoms with van der Waals surface area (Å²) in [6.45, 7) is 3.27. The smallest absolute Gasteiger partial charge is 0.175 e. The molecular weight excluding hydrogens is 298 g/mol. The number of hydrogen-bond donors (Lipinski definition) is 1. The van der Waals surface area contributed by atoms with Crippen molar-refractivity contribution in [2.45, 2.75) is 43.4 Å². The van der Waals surface area contributed by atoms with Crippen LogP contribution < -0.4 is 5.32 Å². The minimum Gasteiger partial charge on any atom is -0.377 e. The third-order valence-electron chi connectivity index (χ3n) is 3.60. The molecule has 4 nitrogen and oxygen atoms in total. The van der Waals surface area contributed by atoms with Gasteiger partial charge >= 0.3 is 0 Å². The summed E-state index contributed by atoms with van der Waals surface area (Å²) in [6.07, 6.45) is 3.51. The zero-order valence-corrected chi connectivity index (χ0v) is 13.3. The lowest BCUT2D eigenvalue weighted by molar-refractivity contribution is 0.0831. The molecule has 1 aromatic rings. The van der Waals surface area contributed by atoms with E-state index in [1.807, 2.05) is 6.92 Å². The average Bonchev–Trinajstić information content (AvgIpc) is 2.89. The van der Waals surface area contributed by atoms with Crippen LogP contribution in [-0.2, 0) is 21.1 Å². The molecule has 0 saturated carbocycles. The van der Waals surface area contributed by atoms with Crippen LogP contribution in [0.5, 0.6) is 0 Å². The third kappa shape index (κ3) is 3.73. The fourth-order valence-electron chi connectivity index (χ4n) is 2.45. The van der Waals surface area contributed by atoms with Crippen LogP contribution in [-0.4, -0.2) is 33.4 Å². The normalized spacial score (nSPS) is 21.1. The highest BCUT2D eigenvalue weighted by molar-refractivity contribution is 7.90. The Morgan fingerprint density at radius 1 is 1.50 bits per heavy atom. The second kappa shape index (κ2) is 6.43. The van der Waals surface area contributed by atoms with Crippen LogP contribution in [0.1, 0.15) is 25.3 Å². The number of benzene rings is 1. The van der Waals surface area contributed by atoms with Crippen LogP contribution in [0.4, 0.5) is 0 Å². The maximum absolute atomic E-state index is 11.8. The van der Waals surface area contributed by atoms with Crippen molar-refractivity contribution in [1.29, 1.82) is 0 Å². The molecule has 0 spiro atoms. The number of hydrogen-bond acceptors (Lipinski definition) is 4. The van der Waals surface area contributed by atoms with Crippen LogP contribution >= 0.6 is 11.6 Å². The Morgan fingerprint density at radius 3 is 2.85 bits per heavy atom. The summed E-state index contributed by atoms with van der Waals surface area (Å²) >= 11 is 6.14. The molecule has 1 N–H and O–H groups in total. The van der Waals surface area contributed by atoms with Crippen LogP contribution in [0, 0.1) is 0 Å². The molecule has 112 valence electrons. The van der Waals surface area contributed by atoms with Crippen molar-refractivity contribution in [2.24, 2.45) is 0 Å². The van der Waals surface area contributed by atoms with Gasteiger partial charge in [0.2, 0.25) is 0 Å². The van der Waals surface area contributed by atoms with Crippen LogP contribution in [0.2, 0.25) is 5.02 Å². The lowest BCUT2D eigenvalue weighted by Gasteiger charge is -2.21. The van der Waals surface area contributed by atoms with Gasteiger partial charge in [-0.05, 0) is 31.9 Å². The van der Waals surface area contributed by atoms with E-state index in [9.17, 15) is 8.42 Å². The molecule has 6 heteroatoms. The van der Waals surface area contributed by atoms with E-state index in [0.29, 0.717) is 17.1 Å². The summed E-state index contributed by atoms with van der Waals surface area (Å²) in [7, 11) is -3.28. The molecule has 1 saturated heterocycles. The van der Waals surface area contributed by atoms with E-state index in [-0.39, 0.29) is 17.0 Å². The SMILES string of the molecule is CC(NCc1c(Cl)cccc1S(C)(=O)=O)C1CCCO1. The van der Waals surface area contributed by atoms with Crippen LogP contribution in [0.15, 0.2) is 23.1 Å². The minimum atomic E-state index is -3.28. The summed E-state index contributed by atoms with van der Waals surface area (Å²) in [6, 6.07) is 5.13. The Labute approximate surface area is 125 Å². The second-order valence-corrected chi connectivity index (χ2v) is 7.60. The van der Waals surface area contributed by atoms with E-state index in [1.54, 1.807) is 18.2 Å². The van der Waals surface area contributed by atoms with Gasteiger partial charge in [0.05, 0.1) is 11.0 Å². The number of halogens is 1. The molecule has 2 unspecified atom stereocenters. The summed E-state index contributed by atoms with van der Waals surface area (Å²) in [5, 5.41) is 3.79. The molecule has 1 fully saturated rings. The zero-order valence-electron chi connectivity index (χ0n) is 11.7. The van der Waals surface area contributed by atoms with Crippen molar-refractivity contribution >= 4 is 21.4 Å². The summed E-state index contributed by atoms with van der Waals surface area (Å²) in [4.78, 5) is 0.289. The first-order chi connectivity index (χ1) is 9.39. The predicted octanol–water partition coefficient (Wildman–Crippen LogP) is 2.40. The van der Waals surface area contributed by atoms with Crippen molar-refractivity contribution in [3.05, 3.63) is 28.8 Å². The first-order valence-electron chi connectivity index (χ1n) is 6.72. The van der Waals surface area contributed by atoms with Crippen molar-refractivity contribution < 1.29 is 13.2 Å². The van der Waals surface area contributed by atoms with E-state index in [0.717, 1.165) is 19.4 Å². The second-order valence-electron chi connectivity index (χ2n) is 5.21. The Morgan fingerprint density at radius 2 is 2.25 bits per heavy atom. The number of ether oxygens (including phenoxy) is 1. The molecule has 0 amide bonds. The summed E-state index contributed by atoms with van der Waals surface area (Å²) in [5.74, 6) is 0. The van der Waals surface area contributed by atoms with Gasteiger partial charge in [-0.3, -0.25) is 0 Å². The highest BCUT2D eigenvalue weighted by Gasteiger charge is 2.23. The van der Waals surface area contributed by atoms with E-state index in [1.165, 1.54) is 6.26 Å². The lowest BCUT2D eigenvalue weighted by atomic mass is 10.1. The molecular formula is C14H20ClNO3S. The first kappa shape index (κ1) is 15.8. The fourth-order valence-corrected chi connectivity index (χ4v) is 3.70. The maximum Gasteiger partial charge on any atom is 0.175 e. The molecule has 2 atom stereocenters. The van der Waals surface area contributed by atoms with Gasteiger partial charge in [-0.1, -0.05) is 17.7 Å². The van der Waals surface area contributed by atoms with Gasteiger partial charge in [-0.15, -0.1) is 0 Å². The van der Waals surface area contributed by atoms with Gasteiger partial charge < -0.3 is 10.1 Å². The van der Waals surface area contributed by atoms with Crippen LogP contribution in [0.25, 0.3) is 0 Å². The first-order valence-corrected chi connectivity index (χ1v) is 8.99. The molecule has 0 aliphatic carbocycles. The zero-order chi connectivity index (χ0) is 14.8. The molecule has 0 bridgehead atoms. The highest BCUT2D eigenvalue weighted by Crippen LogP contribution is 2.24. The standard InChI is InChI=1S/C14H20ClNO3S/c1-10(13-6-4-8-19-13)16-9-11-12(15)5-3-7-14(11)20(2,17)18/h3,5,7,10,13,16H,4,6,8-9H2,1-2H3. The Kier molecular flexibility index (Phi) is 5.07. The van der Waals surface area contributed by atoms with Gasteiger partial charge in [-0.25, -0.2) is 8.42 Å². The van der Waals surface area contributed by atoms with Gasteiger partial charge in [-0.2, -0.15) is 0 Å². The molecule has 1 aliphatic rings. The largest absolute Gasteiger partial charge is 0.377 e. The van der Waals surface area contributed by atoms with Crippen molar-refractivity contribution in [3.8, 4) is 0 Å². The van der Waals surface area contributed by atoms with E-state index >= 15 is 0 Å². The molecule has 1 aromatic carbocycles. The quantitative estimate of drug-likeness (QED) is 0.906. The van der Waals surface area contributed by atoms with Crippen molar-refractivity contribution in [1.82, 2.24) is 5.32 Å². The van der Waals surface area contributed by atoms with Gasteiger partial charge in [0.1, 0.15) is 0 Å². The van der Waals surface area contributed by atoms with Crippen molar-refractivity contribution in [2.75, 3.05) is 12.9 Å². The Hall–Kier alpha value is -0.620. The molecule has 0 radical (unpaired) electrons. The van der Waals surface area contributed by atoms with Gasteiger partial charge in [0.15, 0.2) is 9.84 Å². The predicted molar refractivity (Wildman–Crippen MR) is 79.8 cm³/mol. The molecule has 20 heavy (non-hydrogen) atoms. The third-order valence-corrected chi connectivity index (χ3v) is 5.13. The van der Waals surface area contributed by atoms with Crippen molar-refractivity contribution in [3.63, 3.8) is 0 Å². The molecule has 1 heterocycles. The average molecular weight is 318 g/mol. The van der Waals surface area contributed by atoms with Crippen LogP contribution in [0.3, 0.4) is 0 Å². The molecule has 0 aromatic heterocycles. The minimum absolute atomic E-state index is 0.168. The van der Waals surface area contributed by atoms with Gasteiger partial charge in [0.25, 0.3) is 0 Å². The number of sulfone groups is 1. The number of rotatable bonds is 5. The molecule has 1 aliphatic heterocycles. The monoisotopic (exact) mass is 317 g/mol. The highest BCUT2D eigenvalue weighted by atomic mass is 35.5. The number of nitrogens with one attached hydrogen (secondary N) is 1. The maximum atomic E-state index is 11.8. The van der Waals surface area contributed by atoms with E-state index < -0.39 is 9.84 Å². The lowest BCUT2D eigenvalue weighted by Crippen LogP contribution is -2.36. The fraction of sp³-hybridized carbons (Fsp3) is 0.571. The van der Waals surface area contributed by atoms with Gasteiger partial charge in [0, 0.05) is 36.0 Å². The topological polar surface area (TPSA) is 55.4 Å². The van der Waals surface area contributed by atoms with E-state index in [4.69, 9.17) is 16.3 Å². The summed E-state index contributed by atoms with van der Waals surface area (Å²) in [5.41, 5.74) is 0.626. The Bertz CT molecular complexity index is 568. The molecule has 2 rings (SSSR count). The Balaban J connectivity index is 2.12. The van der Waals surface area contributed by atoms with E-state index in [2.05, 4.69) is 5.32 Å².